The van der Waals surface area contributed by atoms with Crippen LogP contribution >= 0.6 is 0 Å². The average molecular weight is 406 g/mol. The molecule has 1 fully saturated rings. The Hall–Kier alpha value is -3.16. The van der Waals surface area contributed by atoms with Gasteiger partial charge in [-0.1, -0.05) is 12.1 Å². The lowest BCUT2D eigenvalue weighted by atomic mass is 10.0. The molecule has 1 aliphatic rings. The quantitative estimate of drug-likeness (QED) is 0.653. The molecular weight excluding hydrogens is 380 g/mol. The maximum absolute atomic E-state index is 12.8. The highest BCUT2D eigenvalue weighted by atomic mass is 16.5. The van der Waals surface area contributed by atoms with Gasteiger partial charge in [-0.05, 0) is 48.0 Å². The van der Waals surface area contributed by atoms with Crippen LogP contribution in [0.1, 0.15) is 22.0 Å². The molecule has 30 heavy (non-hydrogen) atoms. The predicted molar refractivity (Wildman–Crippen MR) is 114 cm³/mol. The van der Waals surface area contributed by atoms with E-state index in [1.807, 2.05) is 48.7 Å². The number of hydrogen-bond donors (Lipinski definition) is 1. The summed E-state index contributed by atoms with van der Waals surface area (Å²) in [5.74, 6) is 0.731. The second-order valence-electron chi connectivity index (χ2n) is 7.14. The summed E-state index contributed by atoms with van der Waals surface area (Å²) in [4.78, 5) is 15.1. The van der Waals surface area contributed by atoms with Gasteiger partial charge in [-0.3, -0.25) is 9.69 Å². The Labute approximate surface area is 176 Å². The Morgan fingerprint density at radius 2 is 1.87 bits per heavy atom. The first-order valence-corrected chi connectivity index (χ1v) is 10.1. The van der Waals surface area contributed by atoms with Crippen molar-refractivity contribution in [3.63, 3.8) is 0 Å². The van der Waals surface area contributed by atoms with E-state index in [0.717, 1.165) is 30.1 Å². The SMILES string of the molecule is COc1ccc([C@@H](CNC(=O)c2ccc(-n3cccn3)cc2)N2CCOCC2)cc1. The molecule has 156 valence electrons. The van der Waals surface area contributed by atoms with Gasteiger partial charge in [0.2, 0.25) is 0 Å². The van der Waals surface area contributed by atoms with Gasteiger partial charge in [0.1, 0.15) is 5.75 Å². The number of nitrogens with one attached hydrogen (secondary N) is 1. The lowest BCUT2D eigenvalue weighted by Gasteiger charge is -2.35. The van der Waals surface area contributed by atoms with Gasteiger partial charge in [-0.2, -0.15) is 5.10 Å². The lowest BCUT2D eigenvalue weighted by Crippen LogP contribution is -2.43. The number of carbonyl (C=O) groups excluding carboxylic acids is 1. The molecule has 7 heteroatoms. The van der Waals surface area contributed by atoms with Crippen molar-refractivity contribution in [1.29, 1.82) is 0 Å². The Morgan fingerprint density at radius 3 is 2.50 bits per heavy atom. The number of methoxy groups -OCH3 is 1. The number of benzene rings is 2. The molecule has 1 saturated heterocycles. The molecule has 0 bridgehead atoms. The van der Waals surface area contributed by atoms with Crippen LogP contribution in [0.5, 0.6) is 5.75 Å². The maximum Gasteiger partial charge on any atom is 0.251 e. The smallest absolute Gasteiger partial charge is 0.251 e. The summed E-state index contributed by atoms with van der Waals surface area (Å²) >= 11 is 0. The van der Waals surface area contributed by atoms with Gasteiger partial charge in [0.05, 0.1) is 32.1 Å². The lowest BCUT2D eigenvalue weighted by molar-refractivity contribution is 0.0162. The zero-order valence-electron chi connectivity index (χ0n) is 17.0. The topological polar surface area (TPSA) is 68.6 Å². The summed E-state index contributed by atoms with van der Waals surface area (Å²) in [7, 11) is 1.66. The van der Waals surface area contributed by atoms with Crippen molar-refractivity contribution in [3.05, 3.63) is 78.1 Å². The third-order valence-corrected chi connectivity index (χ3v) is 5.34. The molecule has 1 atom stereocenters. The number of rotatable bonds is 7. The largest absolute Gasteiger partial charge is 0.497 e. The van der Waals surface area contributed by atoms with Crippen LogP contribution in [-0.4, -0.2) is 60.5 Å². The summed E-state index contributed by atoms with van der Waals surface area (Å²) in [5, 5.41) is 7.31. The number of morpholine rings is 1. The molecular formula is C23H26N4O3. The van der Waals surface area contributed by atoms with Gasteiger partial charge in [0, 0.05) is 37.6 Å². The first-order valence-electron chi connectivity index (χ1n) is 10.1. The van der Waals surface area contributed by atoms with E-state index >= 15 is 0 Å². The number of nitrogens with zero attached hydrogens (tertiary/aromatic N) is 3. The molecule has 7 nitrogen and oxygen atoms in total. The van der Waals surface area contributed by atoms with Crippen LogP contribution in [0.2, 0.25) is 0 Å². The zero-order valence-corrected chi connectivity index (χ0v) is 17.0. The fraction of sp³-hybridized carbons (Fsp3) is 0.304. The zero-order chi connectivity index (χ0) is 20.8. The molecule has 2 aromatic carbocycles. The van der Waals surface area contributed by atoms with E-state index in [-0.39, 0.29) is 11.9 Å². The molecule has 1 N–H and O–H groups in total. The number of ether oxygens (including phenoxy) is 2. The molecule has 3 aromatic rings. The molecule has 0 radical (unpaired) electrons. The minimum atomic E-state index is -0.0891. The Bertz CT molecular complexity index is 934. The van der Waals surface area contributed by atoms with Crippen LogP contribution in [-0.2, 0) is 4.74 Å². The average Bonchev–Trinajstić information content (AvgIpc) is 3.35. The molecule has 0 aliphatic carbocycles. The van der Waals surface area contributed by atoms with Crippen molar-refractivity contribution < 1.29 is 14.3 Å². The molecule has 0 spiro atoms. The highest BCUT2D eigenvalue weighted by Crippen LogP contribution is 2.24. The first kappa shape index (κ1) is 20.1. The van der Waals surface area contributed by atoms with Crippen LogP contribution in [0, 0.1) is 0 Å². The Balaban J connectivity index is 1.45. The maximum atomic E-state index is 12.8. The minimum Gasteiger partial charge on any atom is -0.497 e. The van der Waals surface area contributed by atoms with Gasteiger partial charge < -0.3 is 14.8 Å². The summed E-state index contributed by atoms with van der Waals surface area (Å²) in [6.45, 7) is 3.60. The molecule has 0 unspecified atom stereocenters. The second-order valence-corrected chi connectivity index (χ2v) is 7.14. The number of amides is 1. The third-order valence-electron chi connectivity index (χ3n) is 5.34. The van der Waals surface area contributed by atoms with Crippen molar-refractivity contribution in [2.24, 2.45) is 0 Å². The normalized spacial score (nSPS) is 15.5. The van der Waals surface area contributed by atoms with E-state index in [9.17, 15) is 4.79 Å². The first-order chi connectivity index (χ1) is 14.7. The summed E-state index contributed by atoms with van der Waals surface area (Å²) in [5.41, 5.74) is 2.69. The molecule has 1 aliphatic heterocycles. The van der Waals surface area contributed by atoms with E-state index in [1.54, 1.807) is 18.0 Å². The Morgan fingerprint density at radius 1 is 1.13 bits per heavy atom. The van der Waals surface area contributed by atoms with E-state index < -0.39 is 0 Å². The summed E-state index contributed by atoms with van der Waals surface area (Å²) < 4.78 is 12.5. The summed E-state index contributed by atoms with van der Waals surface area (Å²) in [6.07, 6.45) is 3.60. The van der Waals surface area contributed by atoms with Crippen molar-refractivity contribution in [1.82, 2.24) is 20.0 Å². The highest BCUT2D eigenvalue weighted by Gasteiger charge is 2.23. The fourth-order valence-corrected chi connectivity index (χ4v) is 3.65. The monoisotopic (exact) mass is 406 g/mol. The van der Waals surface area contributed by atoms with Gasteiger partial charge >= 0.3 is 0 Å². The van der Waals surface area contributed by atoms with Gasteiger partial charge in [-0.25, -0.2) is 4.68 Å². The van der Waals surface area contributed by atoms with E-state index in [0.29, 0.717) is 25.3 Å². The third kappa shape index (κ3) is 4.69. The van der Waals surface area contributed by atoms with Gasteiger partial charge in [0.15, 0.2) is 0 Å². The van der Waals surface area contributed by atoms with Gasteiger partial charge in [-0.15, -0.1) is 0 Å². The number of carbonyl (C=O) groups is 1. The minimum absolute atomic E-state index is 0.0760. The van der Waals surface area contributed by atoms with Gasteiger partial charge in [0.25, 0.3) is 5.91 Å². The van der Waals surface area contributed by atoms with E-state index in [4.69, 9.17) is 9.47 Å². The van der Waals surface area contributed by atoms with Crippen molar-refractivity contribution in [2.45, 2.75) is 6.04 Å². The van der Waals surface area contributed by atoms with Crippen LogP contribution in [0.25, 0.3) is 5.69 Å². The second kappa shape index (κ2) is 9.56. The van der Waals surface area contributed by atoms with Crippen LogP contribution in [0.4, 0.5) is 0 Å². The van der Waals surface area contributed by atoms with Crippen LogP contribution < -0.4 is 10.1 Å². The molecule has 0 saturated carbocycles. The predicted octanol–water partition coefficient (Wildman–Crippen LogP) is 2.68. The Kier molecular flexibility index (Phi) is 6.41. The van der Waals surface area contributed by atoms with Crippen LogP contribution in [0.15, 0.2) is 67.0 Å². The van der Waals surface area contributed by atoms with E-state index in [1.165, 1.54) is 0 Å². The molecule has 4 rings (SSSR count). The van der Waals surface area contributed by atoms with Crippen molar-refractivity contribution >= 4 is 5.91 Å². The molecule has 1 aromatic heterocycles. The highest BCUT2D eigenvalue weighted by molar-refractivity contribution is 5.94. The van der Waals surface area contributed by atoms with Crippen LogP contribution in [0.3, 0.4) is 0 Å². The molecule has 1 amide bonds. The standard InChI is InChI=1S/C23H26N4O3/c1-29-21-9-5-18(6-10-21)22(26-13-15-30-16-14-26)17-24-23(28)19-3-7-20(8-4-19)27-12-2-11-25-27/h2-12,22H,13-17H2,1H3,(H,24,28)/t22-/m1/s1. The fourth-order valence-electron chi connectivity index (χ4n) is 3.65. The number of aromatic nitrogens is 2. The van der Waals surface area contributed by atoms with Crippen molar-refractivity contribution in [2.75, 3.05) is 40.0 Å². The van der Waals surface area contributed by atoms with E-state index in [2.05, 4.69) is 27.4 Å². The number of hydrogen-bond acceptors (Lipinski definition) is 5. The molecule has 2 heterocycles. The van der Waals surface area contributed by atoms with Crippen molar-refractivity contribution in [3.8, 4) is 11.4 Å². The summed E-state index contributed by atoms with van der Waals surface area (Å²) in [6, 6.07) is 17.4.